The van der Waals surface area contributed by atoms with Gasteiger partial charge in [0.05, 0.1) is 31.4 Å². The number of aromatic nitrogens is 4. The van der Waals surface area contributed by atoms with Gasteiger partial charge in [-0.05, 0) is 62.9 Å². The lowest BCUT2D eigenvalue weighted by molar-refractivity contribution is 0.0944. The number of aromatic hydroxyl groups is 1. The predicted molar refractivity (Wildman–Crippen MR) is 154 cm³/mol. The number of ether oxygens (including phenoxy) is 2. The minimum Gasteiger partial charge on any atom is -0.493 e. The molecule has 0 radical (unpaired) electrons. The summed E-state index contributed by atoms with van der Waals surface area (Å²) in [5, 5.41) is 12.5. The summed E-state index contributed by atoms with van der Waals surface area (Å²) >= 11 is 0. The van der Waals surface area contributed by atoms with Crippen LogP contribution in [0.25, 0.3) is 11.3 Å². The number of methoxy groups -OCH3 is 1. The van der Waals surface area contributed by atoms with Gasteiger partial charge in [0.15, 0.2) is 17.2 Å². The van der Waals surface area contributed by atoms with E-state index in [1.807, 2.05) is 45.9 Å². The van der Waals surface area contributed by atoms with Crippen molar-refractivity contribution in [2.75, 3.05) is 20.3 Å². The summed E-state index contributed by atoms with van der Waals surface area (Å²) in [5.41, 5.74) is 6.80. The third-order valence-electron chi connectivity index (χ3n) is 7.19. The fourth-order valence-electron chi connectivity index (χ4n) is 5.36. The molecule has 5 rings (SSSR count). The van der Waals surface area contributed by atoms with E-state index in [4.69, 9.17) is 14.5 Å². The summed E-state index contributed by atoms with van der Waals surface area (Å²) in [4.78, 5) is 37.8. The summed E-state index contributed by atoms with van der Waals surface area (Å²) in [6.07, 6.45) is 1.89. The number of hydrogen-bond donors (Lipinski definition) is 3. The van der Waals surface area contributed by atoms with Crippen molar-refractivity contribution in [3.63, 3.8) is 0 Å². The van der Waals surface area contributed by atoms with E-state index in [2.05, 4.69) is 27.4 Å². The van der Waals surface area contributed by atoms with E-state index in [-0.39, 0.29) is 30.4 Å². The van der Waals surface area contributed by atoms with E-state index < -0.39 is 5.91 Å². The normalized spacial score (nSPS) is 12.6. The molecule has 0 bridgehead atoms. The van der Waals surface area contributed by atoms with Gasteiger partial charge in [-0.3, -0.25) is 13.9 Å². The van der Waals surface area contributed by atoms with Crippen molar-refractivity contribution in [1.29, 1.82) is 0 Å². The molecule has 2 aromatic carbocycles. The quantitative estimate of drug-likeness (QED) is 0.304. The van der Waals surface area contributed by atoms with Gasteiger partial charge in [0.2, 0.25) is 5.88 Å². The number of amides is 1. The van der Waals surface area contributed by atoms with E-state index in [0.717, 1.165) is 39.2 Å². The number of fused-ring (bicyclic) bond motifs is 3. The number of carbonyl (C=O) groups excluding carboxylic acids is 1. The van der Waals surface area contributed by atoms with Gasteiger partial charge < -0.3 is 24.9 Å². The van der Waals surface area contributed by atoms with Crippen LogP contribution in [0.1, 0.15) is 39.7 Å². The molecule has 3 heterocycles. The molecule has 2 aromatic heterocycles. The van der Waals surface area contributed by atoms with Gasteiger partial charge in [-0.15, -0.1) is 0 Å². The second-order valence-corrected chi connectivity index (χ2v) is 10.0. The van der Waals surface area contributed by atoms with Gasteiger partial charge in [-0.25, -0.2) is 14.8 Å². The Morgan fingerprint density at radius 1 is 1.15 bits per heavy atom. The average Bonchev–Trinajstić information content (AvgIpc) is 3.37. The molecule has 0 unspecified atom stereocenters. The third-order valence-corrected chi connectivity index (χ3v) is 7.19. The van der Waals surface area contributed by atoms with Crippen LogP contribution >= 0.6 is 0 Å². The number of hydrogen-bond acceptors (Lipinski definition) is 7. The van der Waals surface area contributed by atoms with Crippen molar-refractivity contribution in [1.82, 2.24) is 24.4 Å². The minimum atomic E-state index is -0.520. The summed E-state index contributed by atoms with van der Waals surface area (Å²) in [5.74, 6) is 0.363. The molecule has 0 spiro atoms. The molecule has 41 heavy (non-hydrogen) atoms. The highest BCUT2D eigenvalue weighted by Gasteiger charge is 2.23. The van der Waals surface area contributed by atoms with E-state index in [1.54, 1.807) is 16.2 Å². The lowest BCUT2D eigenvalue weighted by Gasteiger charge is -2.25. The number of imidazole rings is 1. The number of aromatic amines is 1. The van der Waals surface area contributed by atoms with E-state index in [0.29, 0.717) is 36.6 Å². The number of H-pyrrole nitrogens is 1. The molecule has 1 aliphatic rings. The average molecular weight is 559 g/mol. The van der Waals surface area contributed by atoms with Crippen LogP contribution in [0.4, 0.5) is 5.69 Å². The van der Waals surface area contributed by atoms with Crippen molar-refractivity contribution < 1.29 is 19.4 Å². The molecule has 0 fully saturated rings. The van der Waals surface area contributed by atoms with E-state index in [9.17, 15) is 14.7 Å². The lowest BCUT2D eigenvalue weighted by atomic mass is 9.97. The first-order chi connectivity index (χ1) is 19.7. The van der Waals surface area contributed by atoms with Gasteiger partial charge in [-0.2, -0.15) is 0 Å². The maximum atomic E-state index is 14.0. The fourth-order valence-corrected chi connectivity index (χ4v) is 5.36. The van der Waals surface area contributed by atoms with Crippen molar-refractivity contribution >= 4 is 11.6 Å². The zero-order chi connectivity index (χ0) is 29.3. The van der Waals surface area contributed by atoms with Crippen molar-refractivity contribution in [3.8, 4) is 28.6 Å². The molecule has 0 saturated carbocycles. The Bertz CT molecular complexity index is 1740. The smallest absolute Gasteiger partial charge is 0.330 e. The Kier molecular flexibility index (Phi) is 7.69. The van der Waals surface area contributed by atoms with Crippen LogP contribution in [0, 0.1) is 20.8 Å². The highest BCUT2D eigenvalue weighted by Crippen LogP contribution is 2.37. The fraction of sp³-hybridized carbons (Fsp3) is 0.333. The van der Waals surface area contributed by atoms with Crippen LogP contribution in [-0.4, -0.2) is 50.4 Å². The topological polar surface area (TPSA) is 136 Å². The molecular formula is C30H34N6O5. The number of nitrogens with zero attached hydrogens (tertiary/aromatic N) is 4. The summed E-state index contributed by atoms with van der Waals surface area (Å²) in [7, 11) is 1.60. The molecule has 0 atom stereocenters. The lowest BCUT2D eigenvalue weighted by Crippen LogP contribution is -2.44. The molecule has 3 N–H and O–H groups in total. The highest BCUT2D eigenvalue weighted by atomic mass is 16.5. The Balaban J connectivity index is 1.63. The Morgan fingerprint density at radius 3 is 2.56 bits per heavy atom. The van der Waals surface area contributed by atoms with Crippen molar-refractivity contribution in [3.05, 3.63) is 80.6 Å². The summed E-state index contributed by atoms with van der Waals surface area (Å²) in [6.45, 7) is 9.26. The molecule has 1 aliphatic heterocycles. The zero-order valence-electron chi connectivity index (χ0n) is 23.9. The Hall–Kier alpha value is -4.80. The first-order valence-electron chi connectivity index (χ1n) is 13.5. The van der Waals surface area contributed by atoms with Crippen LogP contribution in [0.15, 0.2) is 46.4 Å². The minimum absolute atomic E-state index is 0.0371. The highest BCUT2D eigenvalue weighted by molar-refractivity contribution is 5.94. The maximum absolute atomic E-state index is 14.0. The first-order valence-corrected chi connectivity index (χ1v) is 13.5. The standard InChI is InChI=1S/C30H34N6O5/c1-6-41-24-13-20-7-9-35-22(21(20)14-23(24)40-5)15-25(34-26-18(3)11-17(2)12-19(26)4)36(30(35)39)10-8-31-28(37)27-29(38)33-16-32-27/h11-16,38H,6-10H2,1-5H3,(H,31,37)(H,32,33). The predicted octanol–water partition coefficient (Wildman–Crippen LogP) is 3.30. The second-order valence-electron chi connectivity index (χ2n) is 10.0. The largest absolute Gasteiger partial charge is 0.493 e. The van der Waals surface area contributed by atoms with Crippen LogP contribution in [0.3, 0.4) is 0 Å². The molecule has 11 nitrogen and oxygen atoms in total. The molecule has 214 valence electrons. The van der Waals surface area contributed by atoms with Gasteiger partial charge in [0.1, 0.15) is 5.49 Å². The number of aryl methyl sites for hydroxylation is 4. The molecule has 11 heteroatoms. The Labute approximate surface area is 237 Å². The van der Waals surface area contributed by atoms with Crippen LogP contribution in [-0.2, 0) is 19.5 Å². The van der Waals surface area contributed by atoms with Crippen LogP contribution in [0.2, 0.25) is 0 Å². The van der Waals surface area contributed by atoms with Crippen molar-refractivity contribution in [2.24, 2.45) is 4.99 Å². The molecule has 4 aromatic rings. The van der Waals surface area contributed by atoms with Gasteiger partial charge in [0.25, 0.3) is 5.91 Å². The van der Waals surface area contributed by atoms with E-state index in [1.165, 1.54) is 6.33 Å². The Morgan fingerprint density at radius 2 is 1.90 bits per heavy atom. The maximum Gasteiger partial charge on any atom is 0.330 e. The van der Waals surface area contributed by atoms with Gasteiger partial charge in [-0.1, -0.05) is 17.7 Å². The number of nitrogens with one attached hydrogen (secondary N) is 2. The molecular weight excluding hydrogens is 524 g/mol. The van der Waals surface area contributed by atoms with Crippen LogP contribution in [0.5, 0.6) is 17.4 Å². The number of benzene rings is 2. The SMILES string of the molecule is CCOc1cc2c(cc1OC)-c1cc(=Nc3c(C)cc(C)cc3C)n(CCNC(=O)c3[nH]cnc3O)c(=O)n1CC2. The zero-order valence-corrected chi connectivity index (χ0v) is 23.9. The summed E-state index contributed by atoms with van der Waals surface area (Å²) < 4.78 is 14.7. The van der Waals surface area contributed by atoms with Crippen molar-refractivity contribution in [2.45, 2.75) is 47.2 Å². The monoisotopic (exact) mass is 558 g/mol. The number of rotatable bonds is 8. The van der Waals surface area contributed by atoms with Crippen LogP contribution < -0.4 is 26.0 Å². The number of carbonyl (C=O) groups is 1. The van der Waals surface area contributed by atoms with E-state index >= 15 is 0 Å². The summed E-state index contributed by atoms with van der Waals surface area (Å²) in [6, 6.07) is 9.94. The third kappa shape index (κ3) is 5.34. The first kappa shape index (κ1) is 27.8. The molecule has 0 saturated heterocycles. The van der Waals surface area contributed by atoms with Gasteiger partial charge >= 0.3 is 5.69 Å². The van der Waals surface area contributed by atoms with Gasteiger partial charge in [0, 0.05) is 31.3 Å². The molecule has 0 aliphatic carbocycles. The second kappa shape index (κ2) is 11.4. The molecule has 1 amide bonds.